The summed E-state index contributed by atoms with van der Waals surface area (Å²) < 4.78 is 0. The third-order valence-electron chi connectivity index (χ3n) is 6.58. The Morgan fingerprint density at radius 3 is 2.22 bits per heavy atom. The summed E-state index contributed by atoms with van der Waals surface area (Å²) in [5.74, 6) is -0.184. The minimum absolute atomic E-state index is 0.0711. The van der Waals surface area contributed by atoms with Crippen molar-refractivity contribution in [1.29, 1.82) is 0 Å². The van der Waals surface area contributed by atoms with Crippen molar-refractivity contribution in [3.63, 3.8) is 0 Å². The molecule has 0 saturated carbocycles. The van der Waals surface area contributed by atoms with Crippen LogP contribution in [0, 0.1) is 0 Å². The highest BCUT2D eigenvalue weighted by atomic mass is 16.2. The van der Waals surface area contributed by atoms with Crippen LogP contribution in [0.25, 0.3) is 0 Å². The second-order valence-corrected chi connectivity index (χ2v) is 8.61. The first-order chi connectivity index (χ1) is 15.7. The van der Waals surface area contributed by atoms with Crippen molar-refractivity contribution in [3.05, 3.63) is 102 Å². The molecule has 5 heteroatoms. The predicted molar refractivity (Wildman–Crippen MR) is 126 cm³/mol. The lowest BCUT2D eigenvalue weighted by Gasteiger charge is -2.27. The van der Waals surface area contributed by atoms with E-state index in [0.29, 0.717) is 6.54 Å². The second kappa shape index (κ2) is 8.87. The lowest BCUT2D eigenvalue weighted by atomic mass is 9.88. The molecule has 3 amide bonds. The van der Waals surface area contributed by atoms with Gasteiger partial charge in [0.15, 0.2) is 0 Å². The number of nitrogens with one attached hydrogen (secondary N) is 2. The Kier molecular flexibility index (Phi) is 5.63. The monoisotopic (exact) mass is 425 g/mol. The fraction of sp³-hybridized carbons (Fsp3) is 0.259. The predicted octanol–water partition coefficient (Wildman–Crippen LogP) is 4.04. The van der Waals surface area contributed by atoms with E-state index in [9.17, 15) is 9.59 Å². The molecular weight excluding hydrogens is 398 g/mol. The summed E-state index contributed by atoms with van der Waals surface area (Å²) in [6, 6.07) is 27.2. The normalized spacial score (nSPS) is 22.3. The van der Waals surface area contributed by atoms with Crippen molar-refractivity contribution < 1.29 is 9.59 Å². The molecular formula is C27H27N3O2. The van der Waals surface area contributed by atoms with Gasteiger partial charge in [0, 0.05) is 24.2 Å². The molecule has 0 bridgehead atoms. The third kappa shape index (κ3) is 4.11. The molecule has 1 saturated heterocycles. The summed E-state index contributed by atoms with van der Waals surface area (Å²) in [6.07, 6.45) is 2.68. The Bertz CT molecular complexity index is 1100. The van der Waals surface area contributed by atoms with Gasteiger partial charge in [-0.15, -0.1) is 0 Å². The summed E-state index contributed by atoms with van der Waals surface area (Å²) in [5, 5.41) is 6.12. The number of carbonyl (C=O) groups is 2. The Labute approximate surface area is 188 Å². The summed E-state index contributed by atoms with van der Waals surface area (Å²) in [6.45, 7) is 0.536. The smallest absolute Gasteiger partial charge is 0.315 e. The van der Waals surface area contributed by atoms with Crippen molar-refractivity contribution >= 4 is 17.6 Å². The van der Waals surface area contributed by atoms with E-state index in [-0.39, 0.29) is 23.9 Å². The number of nitrogens with zero attached hydrogens (tertiary/aromatic N) is 1. The number of anilines is 1. The van der Waals surface area contributed by atoms with Crippen molar-refractivity contribution in [3.8, 4) is 0 Å². The third-order valence-corrected chi connectivity index (χ3v) is 6.58. The summed E-state index contributed by atoms with van der Waals surface area (Å²) >= 11 is 0. The van der Waals surface area contributed by atoms with Crippen molar-refractivity contribution in [1.82, 2.24) is 10.6 Å². The van der Waals surface area contributed by atoms with Crippen LogP contribution >= 0.6 is 0 Å². The van der Waals surface area contributed by atoms with Crippen LogP contribution in [-0.2, 0) is 17.6 Å². The zero-order valence-electron chi connectivity index (χ0n) is 17.9. The van der Waals surface area contributed by atoms with E-state index in [1.165, 1.54) is 11.1 Å². The van der Waals surface area contributed by atoms with Crippen LogP contribution < -0.4 is 15.5 Å². The molecule has 5 nitrogen and oxygen atoms in total. The number of rotatable bonds is 4. The average molecular weight is 426 g/mol. The molecule has 1 aliphatic carbocycles. The molecule has 2 unspecified atom stereocenters. The Balaban J connectivity index is 1.32. The van der Waals surface area contributed by atoms with Crippen LogP contribution in [-0.4, -0.2) is 30.6 Å². The van der Waals surface area contributed by atoms with Crippen LogP contribution in [0.4, 0.5) is 10.5 Å². The van der Waals surface area contributed by atoms with Crippen LogP contribution in [0.1, 0.15) is 29.0 Å². The van der Waals surface area contributed by atoms with Gasteiger partial charge < -0.3 is 15.5 Å². The van der Waals surface area contributed by atoms with Crippen LogP contribution in [0.5, 0.6) is 0 Å². The maximum absolute atomic E-state index is 13.4. The van der Waals surface area contributed by atoms with E-state index < -0.39 is 6.04 Å². The Morgan fingerprint density at radius 2 is 1.47 bits per heavy atom. The van der Waals surface area contributed by atoms with Crippen LogP contribution in [0.15, 0.2) is 84.9 Å². The van der Waals surface area contributed by atoms with Gasteiger partial charge in [0.2, 0.25) is 5.91 Å². The van der Waals surface area contributed by atoms with Crippen LogP contribution in [0.2, 0.25) is 0 Å². The quantitative estimate of drug-likeness (QED) is 0.663. The summed E-state index contributed by atoms with van der Waals surface area (Å²) in [4.78, 5) is 28.1. The highest BCUT2D eigenvalue weighted by Crippen LogP contribution is 2.32. The molecule has 3 aromatic rings. The number of hydrogen-bond donors (Lipinski definition) is 2. The number of urea groups is 1. The van der Waals surface area contributed by atoms with E-state index in [4.69, 9.17) is 0 Å². The molecule has 0 spiro atoms. The van der Waals surface area contributed by atoms with E-state index in [2.05, 4.69) is 28.8 Å². The van der Waals surface area contributed by atoms with Gasteiger partial charge in [-0.05, 0) is 48.1 Å². The summed E-state index contributed by atoms with van der Waals surface area (Å²) in [5.41, 5.74) is 4.56. The minimum atomic E-state index is -0.603. The van der Waals surface area contributed by atoms with Gasteiger partial charge in [0.1, 0.15) is 6.04 Å². The zero-order chi connectivity index (χ0) is 21.9. The lowest BCUT2D eigenvalue weighted by Crippen LogP contribution is -2.51. The molecule has 2 N–H and O–H groups in total. The Morgan fingerprint density at radius 1 is 0.812 bits per heavy atom. The molecule has 5 rings (SSSR count). The molecule has 1 aliphatic heterocycles. The van der Waals surface area contributed by atoms with E-state index in [0.717, 1.165) is 30.5 Å². The highest BCUT2D eigenvalue weighted by molar-refractivity contribution is 6.02. The lowest BCUT2D eigenvalue weighted by molar-refractivity contribution is -0.118. The van der Waals surface area contributed by atoms with E-state index in [1.807, 2.05) is 66.7 Å². The van der Waals surface area contributed by atoms with Gasteiger partial charge in [-0.25, -0.2) is 4.79 Å². The summed E-state index contributed by atoms with van der Waals surface area (Å²) in [7, 11) is 0. The molecule has 3 atom stereocenters. The van der Waals surface area contributed by atoms with Crippen molar-refractivity contribution in [2.45, 2.75) is 37.3 Å². The molecule has 2 aliphatic rings. The zero-order valence-corrected chi connectivity index (χ0v) is 17.9. The number of fused-ring (bicyclic) bond motifs is 1. The largest absolute Gasteiger partial charge is 0.335 e. The van der Waals surface area contributed by atoms with Crippen molar-refractivity contribution in [2.75, 3.05) is 11.4 Å². The average Bonchev–Trinajstić information content (AvgIpc) is 3.16. The molecule has 162 valence electrons. The number of para-hydroxylation sites is 1. The maximum atomic E-state index is 13.4. The number of amides is 3. The topological polar surface area (TPSA) is 61.4 Å². The molecule has 0 radical (unpaired) electrons. The van der Waals surface area contributed by atoms with Crippen molar-refractivity contribution in [2.24, 2.45) is 0 Å². The number of benzene rings is 3. The fourth-order valence-electron chi connectivity index (χ4n) is 4.92. The van der Waals surface area contributed by atoms with E-state index >= 15 is 0 Å². The molecule has 0 aromatic heterocycles. The highest BCUT2D eigenvalue weighted by Gasteiger charge is 2.42. The first-order valence-electron chi connectivity index (χ1n) is 11.2. The molecule has 3 aromatic carbocycles. The first kappa shape index (κ1) is 20.3. The maximum Gasteiger partial charge on any atom is 0.315 e. The van der Waals surface area contributed by atoms with Gasteiger partial charge in [-0.2, -0.15) is 0 Å². The SMILES string of the molecule is O=C(NC1CCc2ccccc2C1)NC1C(=O)N(c2ccccc2)C[C@H]1c1ccccc1. The number of hydrogen-bond acceptors (Lipinski definition) is 2. The first-order valence-corrected chi connectivity index (χ1v) is 11.2. The molecule has 1 heterocycles. The number of carbonyl (C=O) groups excluding carboxylic acids is 2. The molecule has 32 heavy (non-hydrogen) atoms. The van der Waals surface area contributed by atoms with Gasteiger partial charge in [0.05, 0.1) is 0 Å². The minimum Gasteiger partial charge on any atom is -0.335 e. The van der Waals surface area contributed by atoms with Gasteiger partial charge in [-0.3, -0.25) is 4.79 Å². The van der Waals surface area contributed by atoms with Crippen LogP contribution in [0.3, 0.4) is 0 Å². The van der Waals surface area contributed by atoms with E-state index in [1.54, 1.807) is 4.90 Å². The number of aryl methyl sites for hydroxylation is 1. The fourth-order valence-corrected chi connectivity index (χ4v) is 4.92. The standard InChI is InChI=1S/C27H27N3O2/c31-26-25(29-27(32)28-22-16-15-19-9-7-8-12-21(19)17-22)24(20-10-3-1-4-11-20)18-30(26)23-13-5-2-6-14-23/h1-14,22,24-25H,15-18H2,(H2,28,29,32)/t22?,24-,25?/m0/s1. The second-order valence-electron chi connectivity index (χ2n) is 8.61. The Hall–Kier alpha value is -3.60. The molecule has 1 fully saturated rings. The van der Waals surface area contributed by atoms with Gasteiger partial charge >= 0.3 is 6.03 Å². The van der Waals surface area contributed by atoms with Gasteiger partial charge in [-0.1, -0.05) is 72.8 Å². The van der Waals surface area contributed by atoms with Gasteiger partial charge in [0.25, 0.3) is 0 Å².